The smallest absolute Gasteiger partial charge is 0.330 e. The van der Waals surface area contributed by atoms with E-state index in [0.29, 0.717) is 25.6 Å². The minimum absolute atomic E-state index is 0.0357. The number of rotatable bonds is 11. The largest absolute Gasteiger partial charge is 0.491 e. The molecular formula is C19H22O6. The molecule has 1 N–H and O–H groups in total. The normalized spacial score (nSPS) is 10.4. The molecule has 0 fully saturated rings. The predicted octanol–water partition coefficient (Wildman–Crippen LogP) is 2.34. The van der Waals surface area contributed by atoms with E-state index in [0.717, 1.165) is 22.6 Å². The van der Waals surface area contributed by atoms with Crippen molar-refractivity contribution in [2.45, 2.75) is 0 Å². The van der Waals surface area contributed by atoms with E-state index in [1.807, 2.05) is 36.4 Å². The zero-order valence-electron chi connectivity index (χ0n) is 14.0. The highest BCUT2D eigenvalue weighted by Crippen LogP contribution is 2.32. The molecular weight excluding hydrogens is 324 g/mol. The van der Waals surface area contributed by atoms with Gasteiger partial charge in [-0.25, -0.2) is 4.79 Å². The van der Waals surface area contributed by atoms with Crippen LogP contribution in [0.25, 0.3) is 10.8 Å². The Morgan fingerprint density at radius 1 is 0.920 bits per heavy atom. The molecule has 25 heavy (non-hydrogen) atoms. The van der Waals surface area contributed by atoms with E-state index in [1.54, 1.807) is 0 Å². The molecule has 134 valence electrons. The van der Waals surface area contributed by atoms with Crippen LogP contribution in [0.4, 0.5) is 0 Å². The quantitative estimate of drug-likeness (QED) is 0.382. The summed E-state index contributed by atoms with van der Waals surface area (Å²) in [6.45, 7) is 4.76. The van der Waals surface area contributed by atoms with Gasteiger partial charge in [-0.2, -0.15) is 0 Å². The highest BCUT2D eigenvalue weighted by Gasteiger charge is 2.06. The van der Waals surface area contributed by atoms with Gasteiger partial charge in [-0.3, -0.25) is 0 Å². The molecule has 0 saturated carbocycles. The number of esters is 1. The summed E-state index contributed by atoms with van der Waals surface area (Å²) in [5.41, 5.74) is 0. The molecule has 6 nitrogen and oxygen atoms in total. The van der Waals surface area contributed by atoms with E-state index in [9.17, 15) is 4.79 Å². The number of carbonyl (C=O) groups is 1. The van der Waals surface area contributed by atoms with Crippen LogP contribution in [-0.4, -0.2) is 50.7 Å². The van der Waals surface area contributed by atoms with Crippen LogP contribution >= 0.6 is 0 Å². The van der Waals surface area contributed by atoms with Gasteiger partial charge in [0.15, 0.2) is 0 Å². The van der Waals surface area contributed by atoms with E-state index in [4.69, 9.17) is 24.1 Å². The molecule has 2 rings (SSSR count). The summed E-state index contributed by atoms with van der Waals surface area (Å²) in [5, 5.41) is 10.8. The molecule has 0 bridgehead atoms. The van der Waals surface area contributed by atoms with Crippen LogP contribution in [0.3, 0.4) is 0 Å². The highest BCUT2D eigenvalue weighted by atomic mass is 16.6. The Balaban J connectivity index is 1.85. The van der Waals surface area contributed by atoms with Crippen molar-refractivity contribution in [2.24, 2.45) is 0 Å². The molecule has 0 aliphatic carbocycles. The first-order valence-corrected chi connectivity index (χ1v) is 8.01. The molecule has 2 aromatic rings. The van der Waals surface area contributed by atoms with E-state index in [1.165, 1.54) is 0 Å². The molecule has 0 spiro atoms. The Labute approximate surface area is 146 Å². The maximum Gasteiger partial charge on any atom is 0.330 e. The SMILES string of the molecule is C=CC(=O)OCCOCCOc1cccc2c(OCCO)cccc12. The average molecular weight is 346 g/mol. The second-order valence-corrected chi connectivity index (χ2v) is 5.01. The van der Waals surface area contributed by atoms with Gasteiger partial charge in [-0.05, 0) is 12.1 Å². The van der Waals surface area contributed by atoms with Gasteiger partial charge in [-0.1, -0.05) is 30.8 Å². The van der Waals surface area contributed by atoms with Gasteiger partial charge >= 0.3 is 5.97 Å². The second kappa shape index (κ2) is 10.3. The van der Waals surface area contributed by atoms with E-state index >= 15 is 0 Å². The van der Waals surface area contributed by atoms with Gasteiger partial charge < -0.3 is 24.1 Å². The maximum absolute atomic E-state index is 10.9. The molecule has 0 amide bonds. The van der Waals surface area contributed by atoms with Gasteiger partial charge in [0.2, 0.25) is 0 Å². The molecule has 6 heteroatoms. The van der Waals surface area contributed by atoms with E-state index in [2.05, 4.69) is 6.58 Å². The highest BCUT2D eigenvalue weighted by molar-refractivity contribution is 5.93. The van der Waals surface area contributed by atoms with Crippen LogP contribution in [0.15, 0.2) is 49.1 Å². The summed E-state index contributed by atoms with van der Waals surface area (Å²) < 4.78 is 21.5. The van der Waals surface area contributed by atoms with Crippen molar-refractivity contribution in [3.63, 3.8) is 0 Å². The number of hydrogen-bond donors (Lipinski definition) is 1. The number of aliphatic hydroxyl groups is 1. The number of benzene rings is 2. The van der Waals surface area contributed by atoms with Crippen LogP contribution in [-0.2, 0) is 14.3 Å². The lowest BCUT2D eigenvalue weighted by Crippen LogP contribution is -2.12. The molecule has 0 heterocycles. The molecule has 0 unspecified atom stereocenters. The number of carbonyl (C=O) groups excluding carboxylic acids is 1. The first kappa shape index (κ1) is 18.8. The summed E-state index contributed by atoms with van der Waals surface area (Å²) in [7, 11) is 0. The molecule has 0 aliphatic rings. The van der Waals surface area contributed by atoms with Gasteiger partial charge in [0.05, 0.1) is 19.8 Å². The Morgan fingerprint density at radius 3 is 2.12 bits per heavy atom. The number of fused-ring (bicyclic) bond motifs is 1. The summed E-state index contributed by atoms with van der Waals surface area (Å²) in [6.07, 6.45) is 1.11. The van der Waals surface area contributed by atoms with Crippen molar-refractivity contribution in [3.05, 3.63) is 49.1 Å². The summed E-state index contributed by atoms with van der Waals surface area (Å²) in [6, 6.07) is 11.4. The zero-order valence-corrected chi connectivity index (χ0v) is 14.0. The average Bonchev–Trinajstić information content (AvgIpc) is 2.65. The van der Waals surface area contributed by atoms with Crippen LogP contribution in [0.5, 0.6) is 11.5 Å². The van der Waals surface area contributed by atoms with Crippen molar-refractivity contribution in [2.75, 3.05) is 39.6 Å². The van der Waals surface area contributed by atoms with Crippen LogP contribution < -0.4 is 9.47 Å². The molecule has 2 aromatic carbocycles. The standard InChI is InChI=1S/C19H22O6/c1-2-19(21)25-14-12-22-11-13-24-18-8-4-5-15-16(18)6-3-7-17(15)23-10-9-20/h2-8,20H,1,9-14H2. The fourth-order valence-electron chi connectivity index (χ4n) is 2.23. The third-order valence-electron chi connectivity index (χ3n) is 3.31. The minimum atomic E-state index is -0.463. The van der Waals surface area contributed by atoms with Crippen LogP contribution in [0.1, 0.15) is 0 Å². The van der Waals surface area contributed by atoms with Crippen molar-refractivity contribution >= 4 is 16.7 Å². The Morgan fingerprint density at radius 2 is 1.52 bits per heavy atom. The van der Waals surface area contributed by atoms with Crippen molar-refractivity contribution in [1.29, 1.82) is 0 Å². The number of aliphatic hydroxyl groups excluding tert-OH is 1. The van der Waals surface area contributed by atoms with E-state index in [-0.39, 0.29) is 19.8 Å². The Bertz CT molecular complexity index is 697. The first-order chi connectivity index (χ1) is 12.3. The second-order valence-electron chi connectivity index (χ2n) is 5.01. The Hall–Kier alpha value is -2.57. The predicted molar refractivity (Wildman–Crippen MR) is 94.0 cm³/mol. The van der Waals surface area contributed by atoms with Gasteiger partial charge in [0, 0.05) is 16.8 Å². The third kappa shape index (κ3) is 5.77. The number of hydrogen-bond acceptors (Lipinski definition) is 6. The lowest BCUT2D eigenvalue weighted by molar-refractivity contribution is -0.139. The van der Waals surface area contributed by atoms with Crippen LogP contribution in [0, 0.1) is 0 Å². The fraction of sp³-hybridized carbons (Fsp3) is 0.316. The number of ether oxygens (including phenoxy) is 4. The van der Waals surface area contributed by atoms with Gasteiger partial charge in [-0.15, -0.1) is 0 Å². The third-order valence-corrected chi connectivity index (χ3v) is 3.31. The molecule has 0 atom stereocenters. The summed E-state index contributed by atoms with van der Waals surface area (Å²) in [4.78, 5) is 10.9. The maximum atomic E-state index is 10.9. The summed E-state index contributed by atoms with van der Waals surface area (Å²) >= 11 is 0. The minimum Gasteiger partial charge on any atom is -0.491 e. The zero-order chi connectivity index (χ0) is 17.9. The van der Waals surface area contributed by atoms with Gasteiger partial charge in [0.1, 0.15) is 31.3 Å². The van der Waals surface area contributed by atoms with E-state index < -0.39 is 5.97 Å². The summed E-state index contributed by atoms with van der Waals surface area (Å²) in [5.74, 6) is 0.973. The molecule has 0 radical (unpaired) electrons. The fourth-order valence-corrected chi connectivity index (χ4v) is 2.23. The van der Waals surface area contributed by atoms with Crippen LogP contribution in [0.2, 0.25) is 0 Å². The van der Waals surface area contributed by atoms with Crippen molar-refractivity contribution in [1.82, 2.24) is 0 Å². The monoisotopic (exact) mass is 346 g/mol. The first-order valence-electron chi connectivity index (χ1n) is 8.01. The van der Waals surface area contributed by atoms with Gasteiger partial charge in [0.25, 0.3) is 0 Å². The topological polar surface area (TPSA) is 74.2 Å². The van der Waals surface area contributed by atoms with Crippen molar-refractivity contribution < 1.29 is 28.8 Å². The van der Waals surface area contributed by atoms with Crippen molar-refractivity contribution in [3.8, 4) is 11.5 Å². The molecule has 0 aromatic heterocycles. The lowest BCUT2D eigenvalue weighted by atomic mass is 10.1. The Kier molecular flexibility index (Phi) is 7.75. The molecule has 0 aliphatic heterocycles. The lowest BCUT2D eigenvalue weighted by Gasteiger charge is -2.12. The molecule has 0 saturated heterocycles.